The van der Waals surface area contributed by atoms with Gasteiger partial charge in [-0.3, -0.25) is 4.79 Å². The fourth-order valence-electron chi connectivity index (χ4n) is 2.98. The van der Waals surface area contributed by atoms with Crippen molar-refractivity contribution < 1.29 is 19.0 Å². The Morgan fingerprint density at radius 2 is 1.83 bits per heavy atom. The lowest BCUT2D eigenvalue weighted by molar-refractivity contribution is 0.0789. The summed E-state index contributed by atoms with van der Waals surface area (Å²) in [6.45, 7) is 1.06. The Hall–Kier alpha value is -3.18. The molecule has 4 rings (SSSR count). The number of fused-ring (bicyclic) bond motifs is 1. The monoisotopic (exact) mass is 409 g/mol. The molecule has 6 heteroatoms. The fourth-order valence-corrected chi connectivity index (χ4v) is 3.17. The van der Waals surface area contributed by atoms with E-state index < -0.39 is 0 Å². The Kier molecular flexibility index (Phi) is 5.86. The maximum atomic E-state index is 12.5. The second kappa shape index (κ2) is 8.88. The van der Waals surface area contributed by atoms with Gasteiger partial charge in [0.25, 0.3) is 5.91 Å². The molecule has 1 atom stereocenters. The molecule has 0 saturated heterocycles. The Labute approximate surface area is 174 Å². The zero-order valence-corrected chi connectivity index (χ0v) is 16.4. The van der Waals surface area contributed by atoms with Gasteiger partial charge >= 0.3 is 0 Å². The molecule has 0 aliphatic carbocycles. The van der Waals surface area contributed by atoms with Gasteiger partial charge in [-0.05, 0) is 36.4 Å². The molecule has 29 heavy (non-hydrogen) atoms. The summed E-state index contributed by atoms with van der Waals surface area (Å²) in [5, 5.41) is 3.54. The van der Waals surface area contributed by atoms with Crippen LogP contribution in [0, 0.1) is 0 Å². The van der Waals surface area contributed by atoms with Crippen molar-refractivity contribution in [1.29, 1.82) is 0 Å². The molecule has 0 aromatic heterocycles. The molecule has 148 valence electrons. The highest BCUT2D eigenvalue weighted by Gasteiger charge is 2.21. The van der Waals surface area contributed by atoms with Crippen molar-refractivity contribution in [2.45, 2.75) is 12.7 Å². The molecule has 1 amide bonds. The molecular weight excluding hydrogens is 390 g/mol. The number of para-hydroxylation sites is 2. The predicted molar refractivity (Wildman–Crippen MR) is 111 cm³/mol. The van der Waals surface area contributed by atoms with Crippen molar-refractivity contribution in [2.75, 3.05) is 13.2 Å². The lowest BCUT2D eigenvalue weighted by atomic mass is 10.2. The normalized spacial score (nSPS) is 14.9. The van der Waals surface area contributed by atoms with Crippen LogP contribution in [0.15, 0.2) is 72.8 Å². The molecule has 0 fully saturated rings. The third-order valence-electron chi connectivity index (χ3n) is 4.51. The number of ether oxygens (including phenoxy) is 3. The molecular formula is C23H20ClNO4. The summed E-state index contributed by atoms with van der Waals surface area (Å²) in [5.74, 6) is 1.81. The van der Waals surface area contributed by atoms with E-state index in [1.807, 2.05) is 54.6 Å². The van der Waals surface area contributed by atoms with Gasteiger partial charge < -0.3 is 19.5 Å². The van der Waals surface area contributed by atoms with E-state index >= 15 is 0 Å². The van der Waals surface area contributed by atoms with E-state index in [4.69, 9.17) is 25.8 Å². The third-order valence-corrected chi connectivity index (χ3v) is 4.87. The van der Waals surface area contributed by atoms with Crippen LogP contribution in [0.1, 0.15) is 15.9 Å². The smallest absolute Gasteiger partial charge is 0.251 e. The minimum Gasteiger partial charge on any atom is -0.489 e. The number of carbonyl (C=O) groups excluding carboxylic acids is 1. The molecule has 1 aliphatic rings. The standard InChI is InChI=1S/C23H20ClNO4/c24-20-9-2-1-6-17(20)14-27-18-8-5-7-16(12-18)23(26)25-13-19-15-28-21-10-3-4-11-22(21)29-19/h1-12,19H,13-15H2,(H,25,26)/t19-/m1/s1. The average Bonchev–Trinajstić information content (AvgIpc) is 2.77. The second-order valence-corrected chi connectivity index (χ2v) is 7.02. The van der Waals surface area contributed by atoms with E-state index in [0.717, 1.165) is 11.3 Å². The Balaban J connectivity index is 1.32. The molecule has 3 aromatic carbocycles. The molecule has 1 heterocycles. The van der Waals surface area contributed by atoms with Gasteiger partial charge in [0.2, 0.25) is 0 Å². The lowest BCUT2D eigenvalue weighted by Crippen LogP contribution is -2.40. The lowest BCUT2D eigenvalue weighted by Gasteiger charge is -2.26. The van der Waals surface area contributed by atoms with E-state index in [1.54, 1.807) is 18.2 Å². The zero-order valence-electron chi connectivity index (χ0n) is 15.6. The Morgan fingerprint density at radius 1 is 1.03 bits per heavy atom. The van der Waals surface area contributed by atoms with Crippen molar-refractivity contribution in [3.05, 3.63) is 88.9 Å². The van der Waals surface area contributed by atoms with E-state index in [0.29, 0.717) is 41.8 Å². The molecule has 0 spiro atoms. The molecule has 3 aromatic rings. The van der Waals surface area contributed by atoms with Crippen molar-refractivity contribution in [2.24, 2.45) is 0 Å². The molecule has 1 aliphatic heterocycles. The largest absolute Gasteiger partial charge is 0.489 e. The number of halogens is 1. The number of hydrogen-bond donors (Lipinski definition) is 1. The number of nitrogens with one attached hydrogen (secondary N) is 1. The molecule has 0 saturated carbocycles. The van der Waals surface area contributed by atoms with Crippen LogP contribution in [-0.4, -0.2) is 25.2 Å². The maximum absolute atomic E-state index is 12.5. The van der Waals surface area contributed by atoms with Gasteiger partial charge in [0.05, 0.1) is 6.54 Å². The van der Waals surface area contributed by atoms with Crippen LogP contribution in [0.4, 0.5) is 0 Å². The van der Waals surface area contributed by atoms with Crippen LogP contribution < -0.4 is 19.5 Å². The van der Waals surface area contributed by atoms with Crippen LogP contribution in [-0.2, 0) is 6.61 Å². The van der Waals surface area contributed by atoms with Crippen LogP contribution in [0.2, 0.25) is 5.02 Å². The molecule has 0 bridgehead atoms. The summed E-state index contributed by atoms with van der Waals surface area (Å²) >= 11 is 6.15. The van der Waals surface area contributed by atoms with E-state index in [1.165, 1.54) is 0 Å². The van der Waals surface area contributed by atoms with Gasteiger partial charge in [-0.15, -0.1) is 0 Å². The summed E-state index contributed by atoms with van der Waals surface area (Å²) in [7, 11) is 0. The van der Waals surface area contributed by atoms with Gasteiger partial charge in [0.15, 0.2) is 11.5 Å². The van der Waals surface area contributed by atoms with Crippen molar-refractivity contribution >= 4 is 17.5 Å². The van der Waals surface area contributed by atoms with Crippen molar-refractivity contribution in [3.8, 4) is 17.2 Å². The second-order valence-electron chi connectivity index (χ2n) is 6.62. The van der Waals surface area contributed by atoms with E-state index in [9.17, 15) is 4.79 Å². The van der Waals surface area contributed by atoms with Crippen LogP contribution >= 0.6 is 11.6 Å². The van der Waals surface area contributed by atoms with Crippen molar-refractivity contribution in [3.63, 3.8) is 0 Å². The zero-order chi connectivity index (χ0) is 20.1. The average molecular weight is 410 g/mol. The quantitative estimate of drug-likeness (QED) is 0.651. The van der Waals surface area contributed by atoms with Gasteiger partial charge in [-0.1, -0.05) is 48.0 Å². The summed E-state index contributed by atoms with van der Waals surface area (Å²) in [4.78, 5) is 12.5. The number of hydrogen-bond acceptors (Lipinski definition) is 4. The van der Waals surface area contributed by atoms with Gasteiger partial charge in [0.1, 0.15) is 25.1 Å². The highest BCUT2D eigenvalue weighted by Crippen LogP contribution is 2.30. The van der Waals surface area contributed by atoms with Gasteiger partial charge in [-0.2, -0.15) is 0 Å². The van der Waals surface area contributed by atoms with Gasteiger partial charge in [-0.25, -0.2) is 0 Å². The van der Waals surface area contributed by atoms with Crippen LogP contribution in [0.5, 0.6) is 17.2 Å². The minimum atomic E-state index is -0.242. The summed E-state index contributed by atoms with van der Waals surface area (Å²) in [6, 6.07) is 22.0. The number of amides is 1. The van der Waals surface area contributed by atoms with Crippen LogP contribution in [0.25, 0.3) is 0 Å². The predicted octanol–water partition coefficient (Wildman–Crippen LogP) is 4.49. The first-order valence-electron chi connectivity index (χ1n) is 9.32. The maximum Gasteiger partial charge on any atom is 0.251 e. The van der Waals surface area contributed by atoms with E-state index in [2.05, 4.69) is 5.32 Å². The molecule has 0 radical (unpaired) electrons. The summed E-state index contributed by atoms with van der Waals surface area (Å²) < 4.78 is 17.3. The molecule has 5 nitrogen and oxygen atoms in total. The first kappa shape index (κ1) is 19.2. The first-order valence-corrected chi connectivity index (χ1v) is 9.70. The summed E-state index contributed by atoms with van der Waals surface area (Å²) in [5.41, 5.74) is 1.40. The third kappa shape index (κ3) is 4.81. The highest BCUT2D eigenvalue weighted by molar-refractivity contribution is 6.31. The number of carbonyl (C=O) groups is 1. The van der Waals surface area contributed by atoms with Gasteiger partial charge in [0, 0.05) is 16.1 Å². The topological polar surface area (TPSA) is 56.8 Å². The highest BCUT2D eigenvalue weighted by atomic mass is 35.5. The van der Waals surface area contributed by atoms with Crippen LogP contribution in [0.3, 0.4) is 0 Å². The van der Waals surface area contributed by atoms with E-state index in [-0.39, 0.29) is 12.0 Å². The van der Waals surface area contributed by atoms with Crippen molar-refractivity contribution in [1.82, 2.24) is 5.32 Å². The molecule has 0 unspecified atom stereocenters. The minimum absolute atomic E-state index is 0.198. The first-order chi connectivity index (χ1) is 14.2. The fraction of sp³-hybridized carbons (Fsp3) is 0.174. The number of rotatable bonds is 6. The Morgan fingerprint density at radius 3 is 2.69 bits per heavy atom. The Bertz CT molecular complexity index is 1010. The number of benzene rings is 3. The SMILES string of the molecule is O=C(NC[C@@H]1COc2ccccc2O1)c1cccc(OCc2ccccc2Cl)c1. The summed E-state index contributed by atoms with van der Waals surface area (Å²) in [6.07, 6.45) is -0.242. The molecule has 1 N–H and O–H groups in total.